The quantitative estimate of drug-likeness (QED) is 0.735. The molecule has 0 bridgehead atoms. The van der Waals surface area contributed by atoms with Crippen molar-refractivity contribution in [1.82, 2.24) is 19.8 Å². The van der Waals surface area contributed by atoms with Crippen LogP contribution in [0.3, 0.4) is 0 Å². The Bertz CT molecular complexity index is 709. The van der Waals surface area contributed by atoms with Gasteiger partial charge in [-0.1, -0.05) is 11.6 Å². The number of hydrogen-bond acceptors (Lipinski definition) is 6. The van der Waals surface area contributed by atoms with Gasteiger partial charge in [-0.3, -0.25) is 9.90 Å². The van der Waals surface area contributed by atoms with Gasteiger partial charge in [0.05, 0.1) is 25.6 Å². The number of nitrogens with zero attached hydrogens (tertiary/aromatic N) is 4. The van der Waals surface area contributed by atoms with Gasteiger partial charge in [-0.25, -0.2) is 9.78 Å². The summed E-state index contributed by atoms with van der Waals surface area (Å²) in [7, 11) is 1.63. The third-order valence-corrected chi connectivity index (χ3v) is 4.69. The average molecular weight is 381 g/mol. The average Bonchev–Trinajstić information content (AvgIpc) is 2.60. The summed E-state index contributed by atoms with van der Waals surface area (Å²) in [6.07, 6.45) is 3.43. The zero-order valence-electron chi connectivity index (χ0n) is 15.7. The smallest absolute Gasteiger partial charge is 0.410 e. The van der Waals surface area contributed by atoms with E-state index in [1.54, 1.807) is 23.3 Å². The predicted molar refractivity (Wildman–Crippen MR) is 99.2 cm³/mol. The minimum absolute atomic E-state index is 0.263. The van der Waals surface area contributed by atoms with Gasteiger partial charge in [0, 0.05) is 43.5 Å². The van der Waals surface area contributed by atoms with Crippen LogP contribution in [0.2, 0.25) is 5.15 Å². The Balaban J connectivity index is 1.74. The molecule has 26 heavy (non-hydrogen) atoms. The summed E-state index contributed by atoms with van der Waals surface area (Å²) in [6, 6.07) is 1.97. The number of aromatic nitrogens is 1. The SMILES string of the molecule is CON1C=C(N2CCN(C(=O)OC(C)(C)C)CC2)c2ccnc(Cl)c2C1. The lowest BCUT2D eigenvalue weighted by Crippen LogP contribution is -2.49. The van der Waals surface area contributed by atoms with Crippen molar-refractivity contribution in [3.05, 3.63) is 34.7 Å². The summed E-state index contributed by atoms with van der Waals surface area (Å²) in [5.41, 5.74) is 2.55. The fraction of sp³-hybridized carbons (Fsp3) is 0.556. The van der Waals surface area contributed by atoms with Crippen LogP contribution >= 0.6 is 11.6 Å². The number of hydrogen-bond donors (Lipinski definition) is 0. The summed E-state index contributed by atoms with van der Waals surface area (Å²) in [5, 5.41) is 2.23. The van der Waals surface area contributed by atoms with Crippen LogP contribution in [0.15, 0.2) is 18.5 Å². The first-order valence-corrected chi connectivity index (χ1v) is 9.05. The molecule has 1 fully saturated rings. The Labute approximate surface area is 159 Å². The number of halogens is 1. The molecule has 1 aromatic rings. The maximum absolute atomic E-state index is 12.3. The second-order valence-electron chi connectivity index (χ2n) is 7.35. The maximum Gasteiger partial charge on any atom is 0.410 e. The van der Waals surface area contributed by atoms with Crippen LogP contribution < -0.4 is 0 Å². The zero-order chi connectivity index (χ0) is 18.9. The number of ether oxygens (including phenoxy) is 1. The molecule has 0 spiro atoms. The Kier molecular flexibility index (Phi) is 5.29. The number of carbonyl (C=O) groups excluding carboxylic acids is 1. The molecule has 1 aromatic heterocycles. The monoisotopic (exact) mass is 380 g/mol. The van der Waals surface area contributed by atoms with E-state index in [9.17, 15) is 4.79 Å². The van der Waals surface area contributed by atoms with E-state index in [2.05, 4.69) is 9.88 Å². The molecule has 0 atom stereocenters. The summed E-state index contributed by atoms with van der Waals surface area (Å²) in [5.74, 6) is 0. The molecule has 2 aliphatic heterocycles. The van der Waals surface area contributed by atoms with Crippen molar-refractivity contribution < 1.29 is 14.4 Å². The van der Waals surface area contributed by atoms with E-state index in [-0.39, 0.29) is 6.09 Å². The minimum Gasteiger partial charge on any atom is -0.444 e. The summed E-state index contributed by atoms with van der Waals surface area (Å²) in [6.45, 7) is 8.82. The molecule has 142 valence electrons. The molecule has 2 aliphatic rings. The first kappa shape index (κ1) is 18.8. The fourth-order valence-corrected chi connectivity index (χ4v) is 3.31. The molecule has 3 heterocycles. The van der Waals surface area contributed by atoms with Crippen LogP contribution in [-0.4, -0.2) is 64.8 Å². The minimum atomic E-state index is -0.484. The number of piperazine rings is 1. The molecule has 1 saturated heterocycles. The lowest BCUT2D eigenvalue weighted by atomic mass is 10.0. The largest absolute Gasteiger partial charge is 0.444 e. The highest BCUT2D eigenvalue weighted by Gasteiger charge is 2.29. The lowest BCUT2D eigenvalue weighted by molar-refractivity contribution is -0.0969. The number of amides is 1. The van der Waals surface area contributed by atoms with Gasteiger partial charge in [-0.15, -0.1) is 0 Å². The Morgan fingerprint density at radius 1 is 1.23 bits per heavy atom. The molecule has 8 heteroatoms. The third-order valence-electron chi connectivity index (χ3n) is 4.37. The van der Waals surface area contributed by atoms with E-state index in [0.717, 1.165) is 16.8 Å². The van der Waals surface area contributed by atoms with Crippen molar-refractivity contribution >= 4 is 23.4 Å². The van der Waals surface area contributed by atoms with Gasteiger partial charge in [0.15, 0.2) is 0 Å². The van der Waals surface area contributed by atoms with Crippen LogP contribution in [0.25, 0.3) is 5.70 Å². The standard InChI is InChI=1S/C18H25ClN4O3/c1-18(2,3)26-17(24)22-9-7-21(8-10-22)15-12-23(25-4)11-14-13(15)5-6-20-16(14)19/h5-6,12H,7-11H2,1-4H3. The second-order valence-corrected chi connectivity index (χ2v) is 7.71. The van der Waals surface area contributed by atoms with E-state index in [0.29, 0.717) is 37.9 Å². The van der Waals surface area contributed by atoms with Crippen LogP contribution in [0.5, 0.6) is 0 Å². The van der Waals surface area contributed by atoms with Crippen molar-refractivity contribution in [3.8, 4) is 0 Å². The summed E-state index contributed by atoms with van der Waals surface area (Å²) >= 11 is 6.29. The summed E-state index contributed by atoms with van der Waals surface area (Å²) < 4.78 is 5.46. The fourth-order valence-electron chi connectivity index (χ4n) is 3.09. The normalized spacial score (nSPS) is 17.7. The maximum atomic E-state index is 12.3. The number of carbonyl (C=O) groups is 1. The van der Waals surface area contributed by atoms with E-state index in [1.165, 1.54) is 0 Å². The van der Waals surface area contributed by atoms with Gasteiger partial charge in [0.1, 0.15) is 10.8 Å². The second kappa shape index (κ2) is 7.32. The molecule has 0 aromatic carbocycles. The Morgan fingerprint density at radius 2 is 1.92 bits per heavy atom. The predicted octanol–water partition coefficient (Wildman–Crippen LogP) is 2.96. The van der Waals surface area contributed by atoms with Gasteiger partial charge in [-0.05, 0) is 26.8 Å². The van der Waals surface area contributed by atoms with Crippen LogP contribution in [0.1, 0.15) is 31.9 Å². The number of fused-ring (bicyclic) bond motifs is 1. The number of pyridine rings is 1. The molecule has 3 rings (SSSR count). The van der Waals surface area contributed by atoms with Gasteiger partial charge in [-0.2, -0.15) is 0 Å². The molecule has 0 aliphatic carbocycles. The van der Waals surface area contributed by atoms with Crippen molar-refractivity contribution in [2.24, 2.45) is 0 Å². The van der Waals surface area contributed by atoms with E-state index in [4.69, 9.17) is 21.2 Å². The molecule has 0 unspecified atom stereocenters. The summed E-state index contributed by atoms with van der Waals surface area (Å²) in [4.78, 5) is 25.8. The highest BCUT2D eigenvalue weighted by atomic mass is 35.5. The zero-order valence-corrected chi connectivity index (χ0v) is 16.4. The first-order valence-electron chi connectivity index (χ1n) is 8.67. The van der Waals surface area contributed by atoms with E-state index in [1.807, 2.05) is 33.0 Å². The number of hydroxylamine groups is 2. The first-order chi connectivity index (χ1) is 12.3. The molecular formula is C18H25ClN4O3. The van der Waals surface area contributed by atoms with Crippen LogP contribution in [-0.2, 0) is 16.1 Å². The molecule has 0 saturated carbocycles. The van der Waals surface area contributed by atoms with Crippen molar-refractivity contribution in [3.63, 3.8) is 0 Å². The topological polar surface area (TPSA) is 58.1 Å². The van der Waals surface area contributed by atoms with Crippen molar-refractivity contribution in [2.45, 2.75) is 32.9 Å². The highest BCUT2D eigenvalue weighted by Crippen LogP contribution is 2.33. The van der Waals surface area contributed by atoms with Gasteiger partial charge in [0.2, 0.25) is 0 Å². The molecule has 0 N–H and O–H groups in total. The Morgan fingerprint density at radius 3 is 2.54 bits per heavy atom. The molecule has 0 radical (unpaired) electrons. The van der Waals surface area contributed by atoms with Gasteiger partial charge >= 0.3 is 6.09 Å². The Hall–Kier alpha value is -1.99. The van der Waals surface area contributed by atoms with Gasteiger partial charge in [0.25, 0.3) is 0 Å². The van der Waals surface area contributed by atoms with Crippen LogP contribution in [0.4, 0.5) is 4.79 Å². The van der Waals surface area contributed by atoms with E-state index < -0.39 is 5.60 Å². The van der Waals surface area contributed by atoms with Crippen LogP contribution in [0, 0.1) is 0 Å². The molecule has 1 amide bonds. The highest BCUT2D eigenvalue weighted by molar-refractivity contribution is 6.30. The van der Waals surface area contributed by atoms with Crippen molar-refractivity contribution in [1.29, 1.82) is 0 Å². The third kappa shape index (κ3) is 4.04. The lowest BCUT2D eigenvalue weighted by Gasteiger charge is -2.40. The van der Waals surface area contributed by atoms with E-state index >= 15 is 0 Å². The number of rotatable bonds is 2. The van der Waals surface area contributed by atoms with Gasteiger partial charge < -0.3 is 14.5 Å². The molecular weight excluding hydrogens is 356 g/mol. The van der Waals surface area contributed by atoms with Crippen molar-refractivity contribution in [2.75, 3.05) is 33.3 Å². The molecule has 7 nitrogen and oxygen atoms in total.